The molecule has 5 aromatic carbocycles. The summed E-state index contributed by atoms with van der Waals surface area (Å²) in [6, 6.07) is 14.3. The van der Waals surface area contributed by atoms with Gasteiger partial charge in [-0.1, -0.05) is 23.8 Å². The molecular formula is C41H34N4O7. The number of phenolic OH excluding ortho intramolecular Hbond substituents is 1. The highest BCUT2D eigenvalue weighted by atomic mass is 16.5. The normalized spacial score (nSPS) is 13.9. The molecule has 0 saturated heterocycles. The third kappa shape index (κ3) is 4.69. The molecule has 1 aliphatic rings. The Morgan fingerprint density at radius 1 is 0.750 bits per heavy atom. The Hall–Kier alpha value is -6.49. The number of aromatic hydroxyl groups is 1. The molecule has 1 aliphatic carbocycles. The van der Waals surface area contributed by atoms with E-state index in [2.05, 4.69) is 20.6 Å². The number of allylic oxidation sites excluding steroid dienone is 1. The molecule has 3 N–H and O–H groups in total. The summed E-state index contributed by atoms with van der Waals surface area (Å²) >= 11 is 0. The molecule has 11 heteroatoms. The Labute approximate surface area is 297 Å². The number of fused-ring (bicyclic) bond motifs is 1. The van der Waals surface area contributed by atoms with Gasteiger partial charge in [-0.15, -0.1) is 0 Å². The van der Waals surface area contributed by atoms with Crippen LogP contribution in [0.25, 0.3) is 49.2 Å². The number of nitrogens with one attached hydrogen (secondary N) is 2. The van der Waals surface area contributed by atoms with Crippen LogP contribution in [0.4, 0.5) is 11.4 Å². The fourth-order valence-electron chi connectivity index (χ4n) is 7.97. The van der Waals surface area contributed by atoms with E-state index < -0.39 is 11.3 Å². The lowest BCUT2D eigenvalue weighted by Crippen LogP contribution is -2.18. The van der Waals surface area contributed by atoms with Crippen molar-refractivity contribution in [3.8, 4) is 23.0 Å². The van der Waals surface area contributed by atoms with E-state index in [0.717, 1.165) is 5.69 Å². The van der Waals surface area contributed by atoms with E-state index in [1.165, 1.54) is 34.3 Å². The lowest BCUT2D eigenvalue weighted by Gasteiger charge is -2.25. The molecule has 0 aliphatic heterocycles. The topological polar surface area (TPSA) is 149 Å². The van der Waals surface area contributed by atoms with Crippen molar-refractivity contribution >= 4 is 66.3 Å². The smallest absolute Gasteiger partial charge is 0.232 e. The first-order valence-electron chi connectivity index (χ1n) is 16.7. The Kier molecular flexibility index (Phi) is 7.78. The number of ketones is 1. The summed E-state index contributed by atoms with van der Waals surface area (Å²) in [5.74, 6) is -0.830. The number of aromatic nitrogens is 2. The molecule has 1 unspecified atom stereocenters. The first-order valence-corrected chi connectivity index (χ1v) is 16.7. The van der Waals surface area contributed by atoms with Gasteiger partial charge in [-0.2, -0.15) is 0 Å². The van der Waals surface area contributed by atoms with E-state index in [1.807, 2.05) is 49.4 Å². The van der Waals surface area contributed by atoms with E-state index in [9.17, 15) is 14.7 Å². The van der Waals surface area contributed by atoms with Crippen LogP contribution in [0, 0.1) is 0 Å². The first kappa shape index (κ1) is 32.7. The van der Waals surface area contributed by atoms with Crippen molar-refractivity contribution in [2.75, 3.05) is 32.0 Å². The van der Waals surface area contributed by atoms with Gasteiger partial charge in [0.2, 0.25) is 10.9 Å². The molecule has 11 nitrogen and oxygen atoms in total. The minimum absolute atomic E-state index is 0.00612. The van der Waals surface area contributed by atoms with Crippen LogP contribution in [0.1, 0.15) is 42.3 Å². The van der Waals surface area contributed by atoms with Crippen LogP contribution in [0.2, 0.25) is 0 Å². The molecule has 2 aromatic heterocycles. The third-order valence-corrected chi connectivity index (χ3v) is 10.0. The number of pyridine rings is 2. The van der Waals surface area contributed by atoms with Crippen molar-refractivity contribution in [2.24, 2.45) is 0 Å². The minimum Gasteiger partial charge on any atom is -0.507 e. The molecule has 0 bridgehead atoms. The molecule has 0 amide bonds. The van der Waals surface area contributed by atoms with Gasteiger partial charge in [-0.25, -0.2) is 0 Å². The lowest BCUT2D eigenvalue weighted by molar-refractivity contribution is -0.117. The summed E-state index contributed by atoms with van der Waals surface area (Å²) < 4.78 is 17.8. The van der Waals surface area contributed by atoms with Gasteiger partial charge in [0.25, 0.3) is 0 Å². The molecular weight excluding hydrogens is 660 g/mol. The van der Waals surface area contributed by atoms with E-state index >= 15 is 4.79 Å². The molecule has 0 fully saturated rings. The number of methoxy groups -OCH3 is 3. The maximum atomic E-state index is 15.2. The summed E-state index contributed by atoms with van der Waals surface area (Å²) in [4.78, 5) is 52.2. The average Bonchev–Trinajstić information content (AvgIpc) is 3.28. The van der Waals surface area contributed by atoms with Gasteiger partial charge in [0, 0.05) is 62.6 Å². The number of benzene rings is 5. The summed E-state index contributed by atoms with van der Waals surface area (Å²) in [6.45, 7) is 3.81. The first-order chi connectivity index (χ1) is 25.2. The summed E-state index contributed by atoms with van der Waals surface area (Å²) in [5.41, 5.74) is 2.88. The van der Waals surface area contributed by atoms with Crippen LogP contribution in [0.15, 0.2) is 76.1 Å². The monoisotopic (exact) mass is 694 g/mol. The van der Waals surface area contributed by atoms with Crippen molar-refractivity contribution in [1.29, 1.82) is 0 Å². The van der Waals surface area contributed by atoms with Gasteiger partial charge in [-0.05, 0) is 43.5 Å². The summed E-state index contributed by atoms with van der Waals surface area (Å²) in [6.07, 6.45) is 5.23. The number of rotatable bonds is 10. The van der Waals surface area contributed by atoms with Gasteiger partial charge in [0.05, 0.1) is 73.9 Å². The van der Waals surface area contributed by atoms with Crippen molar-refractivity contribution in [3.05, 3.63) is 109 Å². The SMILES string of the molecule is COc1c2c3c4c(c(NCc5ccccn5)c(=O)c5c(NCc6ccccn6)cc(OC)c(c6c(OC)cc(O)c(c1=O)c63)c54)C=C(C)C2C(C)=O. The van der Waals surface area contributed by atoms with Crippen molar-refractivity contribution < 1.29 is 24.1 Å². The third-order valence-electron chi connectivity index (χ3n) is 10.0. The quantitative estimate of drug-likeness (QED) is 0.103. The molecule has 8 rings (SSSR count). The van der Waals surface area contributed by atoms with Crippen LogP contribution in [0.3, 0.4) is 0 Å². The zero-order valence-corrected chi connectivity index (χ0v) is 29.1. The zero-order chi connectivity index (χ0) is 36.4. The molecule has 7 aromatic rings. The number of hydrogen-bond acceptors (Lipinski definition) is 11. The largest absolute Gasteiger partial charge is 0.507 e. The van der Waals surface area contributed by atoms with Crippen molar-refractivity contribution in [1.82, 2.24) is 9.97 Å². The van der Waals surface area contributed by atoms with Crippen LogP contribution in [-0.2, 0) is 17.9 Å². The predicted molar refractivity (Wildman–Crippen MR) is 203 cm³/mol. The molecule has 52 heavy (non-hydrogen) atoms. The van der Waals surface area contributed by atoms with Crippen LogP contribution in [0.5, 0.6) is 23.0 Å². The van der Waals surface area contributed by atoms with E-state index in [1.54, 1.807) is 18.5 Å². The number of carbonyl (C=O) groups excluding carboxylic acids is 1. The molecule has 260 valence electrons. The second kappa shape index (κ2) is 12.4. The zero-order valence-electron chi connectivity index (χ0n) is 29.1. The predicted octanol–water partition coefficient (Wildman–Crippen LogP) is 6.73. The molecule has 0 spiro atoms. The second-order valence-electron chi connectivity index (χ2n) is 12.9. The highest BCUT2D eigenvalue weighted by Gasteiger charge is 2.37. The maximum Gasteiger partial charge on any atom is 0.232 e. The van der Waals surface area contributed by atoms with Crippen molar-refractivity contribution in [3.63, 3.8) is 0 Å². The number of phenols is 1. The Morgan fingerprint density at radius 3 is 1.94 bits per heavy atom. The number of ether oxygens (including phenoxy) is 3. The summed E-state index contributed by atoms with van der Waals surface area (Å²) in [5, 5.41) is 21.7. The number of anilines is 2. The average molecular weight is 695 g/mol. The van der Waals surface area contributed by atoms with Gasteiger partial charge in [-0.3, -0.25) is 24.4 Å². The summed E-state index contributed by atoms with van der Waals surface area (Å²) in [7, 11) is 4.39. The maximum absolute atomic E-state index is 15.2. The lowest BCUT2D eigenvalue weighted by atomic mass is 9.80. The highest BCUT2D eigenvalue weighted by molar-refractivity contribution is 6.40. The highest BCUT2D eigenvalue weighted by Crippen LogP contribution is 2.55. The molecule has 0 saturated carbocycles. The van der Waals surface area contributed by atoms with Gasteiger partial charge >= 0.3 is 0 Å². The standard InChI is InChI=1S/C41H34N4O7/c1-19-14-23-29-34-30(39(48)38(23)45-18-22-11-7-9-13-43-22)24(44-17-21-10-6-8-12-42-21)15-26(50-3)32(34)33-27(51-4)16-25(47)31-36(33)35(29)37(28(19)20(2)46)41(52-5)40(31)49/h6-16,28,44-45,47H,17-18H2,1-5H3. The van der Waals surface area contributed by atoms with Gasteiger partial charge < -0.3 is 30.0 Å². The number of nitrogens with zero attached hydrogens (tertiary/aromatic N) is 2. The van der Waals surface area contributed by atoms with Gasteiger partial charge in [0.1, 0.15) is 23.0 Å². The Morgan fingerprint density at radius 2 is 1.37 bits per heavy atom. The molecule has 2 heterocycles. The van der Waals surface area contributed by atoms with Crippen LogP contribution < -0.4 is 35.7 Å². The molecule has 0 radical (unpaired) electrons. The van der Waals surface area contributed by atoms with Crippen molar-refractivity contribution in [2.45, 2.75) is 32.9 Å². The second-order valence-corrected chi connectivity index (χ2v) is 12.9. The molecule has 1 atom stereocenters. The van der Waals surface area contributed by atoms with E-state index in [0.29, 0.717) is 78.1 Å². The van der Waals surface area contributed by atoms with Crippen LogP contribution in [-0.4, -0.2) is 42.2 Å². The van der Waals surface area contributed by atoms with E-state index in [4.69, 9.17) is 14.2 Å². The number of carbonyl (C=O) groups is 1. The number of Topliss-reactive ketones (excluding diaryl/α,β-unsaturated/α-hetero) is 1. The van der Waals surface area contributed by atoms with E-state index in [-0.39, 0.29) is 46.1 Å². The fourth-order valence-corrected chi connectivity index (χ4v) is 7.97. The minimum atomic E-state index is -0.904. The van der Waals surface area contributed by atoms with Gasteiger partial charge in [0.15, 0.2) is 5.75 Å². The van der Waals surface area contributed by atoms with Crippen LogP contribution >= 0.6 is 0 Å². The fraction of sp³-hybridized carbons (Fsp3) is 0.195. The Bertz CT molecular complexity index is 2730. The Balaban J connectivity index is 1.66. The number of hydrogen-bond donors (Lipinski definition) is 3.